The van der Waals surface area contributed by atoms with Crippen molar-refractivity contribution < 1.29 is 14.5 Å². The Hall–Kier alpha value is -2.55. The van der Waals surface area contributed by atoms with Gasteiger partial charge in [0.05, 0.1) is 4.92 Å². The van der Waals surface area contributed by atoms with Crippen molar-refractivity contribution in [2.75, 3.05) is 0 Å². The summed E-state index contributed by atoms with van der Waals surface area (Å²) in [5.74, 6) is -0.781. The number of hydrogen-bond donors (Lipinski definition) is 3. The highest BCUT2D eigenvalue weighted by atomic mass is 32.1. The van der Waals surface area contributed by atoms with Gasteiger partial charge in [0.1, 0.15) is 0 Å². The molecule has 8 nitrogen and oxygen atoms in total. The van der Waals surface area contributed by atoms with Gasteiger partial charge in [0, 0.05) is 23.6 Å². The van der Waals surface area contributed by atoms with Gasteiger partial charge in [-0.15, -0.1) is 0 Å². The summed E-state index contributed by atoms with van der Waals surface area (Å²) >= 11 is 4.85. The molecule has 0 bridgehead atoms. The number of nitrogens with zero attached hydrogens (tertiary/aromatic N) is 1. The van der Waals surface area contributed by atoms with Crippen molar-refractivity contribution in [2.24, 2.45) is 5.92 Å². The lowest BCUT2D eigenvalue weighted by Gasteiger charge is -2.10. The van der Waals surface area contributed by atoms with Crippen molar-refractivity contribution in [1.29, 1.82) is 0 Å². The van der Waals surface area contributed by atoms with Gasteiger partial charge in [0.2, 0.25) is 5.91 Å². The van der Waals surface area contributed by atoms with E-state index in [2.05, 4.69) is 16.2 Å². The molecule has 1 aromatic carbocycles. The molecule has 1 saturated carbocycles. The molecule has 0 aliphatic heterocycles. The molecular formula is C12H12N4O4S. The summed E-state index contributed by atoms with van der Waals surface area (Å²) in [6, 6.07) is 5.25. The smallest absolute Gasteiger partial charge is 0.270 e. The number of rotatable bonds is 3. The number of hydrazine groups is 1. The molecule has 0 saturated heterocycles. The number of non-ortho nitro benzene ring substituents is 1. The van der Waals surface area contributed by atoms with Crippen molar-refractivity contribution in [1.82, 2.24) is 16.2 Å². The highest BCUT2D eigenvalue weighted by Gasteiger charge is 2.30. The lowest BCUT2D eigenvalue weighted by molar-refractivity contribution is -0.384. The van der Waals surface area contributed by atoms with Gasteiger partial charge in [-0.2, -0.15) is 0 Å². The predicted molar refractivity (Wildman–Crippen MR) is 77.2 cm³/mol. The number of nitrogens with one attached hydrogen (secondary N) is 3. The third kappa shape index (κ3) is 4.21. The summed E-state index contributed by atoms with van der Waals surface area (Å²) < 4.78 is 0. The number of amides is 2. The standard InChI is InChI=1S/C12H12N4O4S/c17-10(7-4-5-7)13-12(21)15-14-11(18)8-2-1-3-9(6-8)16(19)20/h1-3,6-7H,4-5H2,(H,14,18)(H2,13,15,17,21). The summed E-state index contributed by atoms with van der Waals surface area (Å²) in [5, 5.41) is 13.0. The van der Waals surface area contributed by atoms with Crippen molar-refractivity contribution in [3.63, 3.8) is 0 Å². The third-order valence-corrected chi connectivity index (χ3v) is 3.00. The second-order valence-corrected chi connectivity index (χ2v) is 4.89. The van der Waals surface area contributed by atoms with Crippen LogP contribution in [0.5, 0.6) is 0 Å². The minimum absolute atomic E-state index is 0.00257. The van der Waals surface area contributed by atoms with Crippen LogP contribution in [0.3, 0.4) is 0 Å². The highest BCUT2D eigenvalue weighted by Crippen LogP contribution is 2.28. The molecule has 2 rings (SSSR count). The monoisotopic (exact) mass is 308 g/mol. The van der Waals surface area contributed by atoms with Crippen LogP contribution in [0.4, 0.5) is 5.69 Å². The first-order chi connectivity index (χ1) is 9.97. The zero-order valence-electron chi connectivity index (χ0n) is 10.8. The number of thiocarbonyl (C=S) groups is 1. The summed E-state index contributed by atoms with van der Waals surface area (Å²) in [7, 11) is 0. The molecule has 0 radical (unpaired) electrons. The Kier molecular flexibility index (Phi) is 4.43. The summed E-state index contributed by atoms with van der Waals surface area (Å²) in [5.41, 5.74) is 4.55. The molecule has 0 aromatic heterocycles. The normalized spacial score (nSPS) is 13.1. The number of carbonyl (C=O) groups excluding carboxylic acids is 2. The molecule has 1 fully saturated rings. The molecule has 1 aliphatic rings. The zero-order chi connectivity index (χ0) is 15.4. The van der Waals surface area contributed by atoms with E-state index in [1.807, 2.05) is 0 Å². The Morgan fingerprint density at radius 1 is 1.29 bits per heavy atom. The van der Waals surface area contributed by atoms with Crippen LogP contribution in [0.25, 0.3) is 0 Å². The molecular weight excluding hydrogens is 296 g/mol. The van der Waals surface area contributed by atoms with Gasteiger partial charge < -0.3 is 5.32 Å². The maximum atomic E-state index is 11.8. The third-order valence-electron chi connectivity index (χ3n) is 2.79. The van der Waals surface area contributed by atoms with Crippen LogP contribution in [0.1, 0.15) is 23.2 Å². The number of nitro benzene ring substituents is 1. The lowest BCUT2D eigenvalue weighted by atomic mass is 10.2. The van der Waals surface area contributed by atoms with Crippen molar-refractivity contribution >= 4 is 34.8 Å². The quantitative estimate of drug-likeness (QED) is 0.429. The van der Waals surface area contributed by atoms with Gasteiger partial charge >= 0.3 is 0 Å². The van der Waals surface area contributed by atoms with Gasteiger partial charge in [-0.25, -0.2) is 0 Å². The number of hydrogen-bond acceptors (Lipinski definition) is 5. The fourth-order valence-electron chi connectivity index (χ4n) is 1.54. The van der Waals surface area contributed by atoms with Crippen molar-refractivity contribution in [2.45, 2.75) is 12.8 Å². The minimum Gasteiger partial charge on any atom is -0.302 e. The van der Waals surface area contributed by atoms with E-state index >= 15 is 0 Å². The van der Waals surface area contributed by atoms with Gasteiger partial charge in [-0.1, -0.05) is 6.07 Å². The van der Waals surface area contributed by atoms with Crippen LogP contribution in [-0.4, -0.2) is 21.9 Å². The first kappa shape index (κ1) is 14.9. The molecule has 0 atom stereocenters. The molecule has 9 heteroatoms. The average molecular weight is 308 g/mol. The molecule has 0 unspecified atom stereocenters. The Bertz CT molecular complexity index is 615. The molecule has 0 heterocycles. The first-order valence-corrected chi connectivity index (χ1v) is 6.54. The van der Waals surface area contributed by atoms with Crippen LogP contribution >= 0.6 is 12.2 Å². The number of benzene rings is 1. The molecule has 2 amide bonds. The fourth-order valence-corrected chi connectivity index (χ4v) is 1.69. The van der Waals surface area contributed by atoms with Crippen LogP contribution < -0.4 is 16.2 Å². The van der Waals surface area contributed by atoms with E-state index in [4.69, 9.17) is 12.2 Å². The van der Waals surface area contributed by atoms with E-state index in [1.165, 1.54) is 18.2 Å². The van der Waals surface area contributed by atoms with Gasteiger partial charge in [-0.3, -0.25) is 30.6 Å². The summed E-state index contributed by atoms with van der Waals surface area (Å²) in [4.78, 5) is 33.2. The number of carbonyl (C=O) groups is 2. The Morgan fingerprint density at radius 3 is 2.62 bits per heavy atom. The van der Waals surface area contributed by atoms with Crippen molar-refractivity contribution in [3.8, 4) is 0 Å². The maximum Gasteiger partial charge on any atom is 0.270 e. The molecule has 21 heavy (non-hydrogen) atoms. The van der Waals surface area contributed by atoms with Crippen LogP contribution in [0.2, 0.25) is 0 Å². The van der Waals surface area contributed by atoms with Crippen molar-refractivity contribution in [3.05, 3.63) is 39.9 Å². The van der Waals surface area contributed by atoms with Crippen LogP contribution in [0.15, 0.2) is 24.3 Å². The maximum absolute atomic E-state index is 11.8. The average Bonchev–Trinajstić information content (AvgIpc) is 3.29. The van der Waals surface area contributed by atoms with Gasteiger partial charge in [-0.05, 0) is 31.1 Å². The van der Waals surface area contributed by atoms with Crippen LogP contribution in [-0.2, 0) is 4.79 Å². The van der Waals surface area contributed by atoms with Gasteiger partial charge in [0.25, 0.3) is 11.6 Å². The van der Waals surface area contributed by atoms with E-state index in [0.717, 1.165) is 18.9 Å². The first-order valence-electron chi connectivity index (χ1n) is 6.13. The van der Waals surface area contributed by atoms with E-state index in [-0.39, 0.29) is 28.2 Å². The Labute approximate surface area is 125 Å². The fraction of sp³-hybridized carbons (Fsp3) is 0.250. The zero-order valence-corrected chi connectivity index (χ0v) is 11.6. The van der Waals surface area contributed by atoms with Gasteiger partial charge in [0.15, 0.2) is 5.11 Å². The van der Waals surface area contributed by atoms with Crippen LogP contribution in [0, 0.1) is 16.0 Å². The highest BCUT2D eigenvalue weighted by molar-refractivity contribution is 7.80. The molecule has 1 aromatic rings. The SMILES string of the molecule is O=C(NNC(=S)NC(=O)C1CC1)c1cccc([N+](=O)[O-])c1. The second kappa shape index (κ2) is 6.27. The summed E-state index contributed by atoms with van der Waals surface area (Å²) in [6.45, 7) is 0. The largest absolute Gasteiger partial charge is 0.302 e. The lowest BCUT2D eigenvalue weighted by Crippen LogP contribution is -2.48. The summed E-state index contributed by atoms with van der Waals surface area (Å²) in [6.07, 6.45) is 1.68. The minimum atomic E-state index is -0.596. The van der Waals surface area contributed by atoms with E-state index in [0.29, 0.717) is 0 Å². The Morgan fingerprint density at radius 2 is 2.00 bits per heavy atom. The van der Waals surface area contributed by atoms with E-state index < -0.39 is 10.8 Å². The Balaban J connectivity index is 1.86. The topological polar surface area (TPSA) is 113 Å². The van der Waals surface area contributed by atoms with E-state index in [9.17, 15) is 19.7 Å². The molecule has 3 N–H and O–H groups in total. The molecule has 110 valence electrons. The second-order valence-electron chi connectivity index (χ2n) is 4.48. The van der Waals surface area contributed by atoms with E-state index in [1.54, 1.807) is 0 Å². The predicted octanol–water partition coefficient (Wildman–Crippen LogP) is 0.640. The molecule has 0 spiro atoms. The number of nitro groups is 1. The molecule has 1 aliphatic carbocycles.